The summed E-state index contributed by atoms with van der Waals surface area (Å²) >= 11 is 3.34. The molecule has 2 N–H and O–H groups in total. The number of imidazole rings is 1. The van der Waals surface area contributed by atoms with Gasteiger partial charge in [-0.3, -0.25) is 0 Å². The Bertz CT molecular complexity index is 885. The number of fused-ring (bicyclic) bond motifs is 1. The van der Waals surface area contributed by atoms with Crippen LogP contribution < -0.4 is 5.69 Å². The van der Waals surface area contributed by atoms with Crippen molar-refractivity contribution in [3.63, 3.8) is 0 Å². The third-order valence-electron chi connectivity index (χ3n) is 3.41. The van der Waals surface area contributed by atoms with Gasteiger partial charge in [-0.1, -0.05) is 28.1 Å². The summed E-state index contributed by atoms with van der Waals surface area (Å²) in [7, 11) is 0. The summed E-state index contributed by atoms with van der Waals surface area (Å²) in [5.74, 6) is -1.18. The van der Waals surface area contributed by atoms with Crippen LogP contribution in [0, 0.1) is 18.6 Å². The van der Waals surface area contributed by atoms with E-state index in [9.17, 15) is 13.6 Å². The molecule has 0 aliphatic heterocycles. The van der Waals surface area contributed by atoms with Gasteiger partial charge in [-0.25, -0.2) is 13.6 Å². The topological polar surface area (TPSA) is 48.6 Å². The summed E-state index contributed by atoms with van der Waals surface area (Å²) in [6.07, 6.45) is 0. The Morgan fingerprint density at radius 1 is 1.10 bits per heavy atom. The molecule has 0 radical (unpaired) electrons. The smallest absolute Gasteiger partial charge is 0.306 e. The minimum atomic E-state index is -0.639. The molecule has 108 valence electrons. The highest BCUT2D eigenvalue weighted by molar-refractivity contribution is 9.09. The van der Waals surface area contributed by atoms with Crippen molar-refractivity contribution in [2.24, 2.45) is 0 Å². The quantitative estimate of drug-likeness (QED) is 0.674. The molecule has 3 rings (SSSR count). The second-order valence-corrected chi connectivity index (χ2v) is 5.75. The fraction of sp³-hybridized carbons (Fsp3) is 0.133. The molecule has 1 aromatic heterocycles. The molecule has 0 saturated carbocycles. The van der Waals surface area contributed by atoms with Crippen molar-refractivity contribution < 1.29 is 8.78 Å². The number of alkyl halides is 1. The zero-order valence-corrected chi connectivity index (χ0v) is 12.6. The Labute approximate surface area is 127 Å². The summed E-state index contributed by atoms with van der Waals surface area (Å²) in [5.41, 5.74) is 1.92. The summed E-state index contributed by atoms with van der Waals surface area (Å²) in [4.78, 5) is 15.9. The molecule has 1 unspecified atom stereocenters. The third kappa shape index (κ3) is 2.40. The van der Waals surface area contributed by atoms with E-state index in [-0.39, 0.29) is 11.3 Å². The Hall–Kier alpha value is -1.95. The lowest BCUT2D eigenvalue weighted by Crippen LogP contribution is -2.02. The SMILES string of the molecule is Cc1ccc(F)c(C(Br)c2ccc3[nH]c(=O)[nH]c3c2)c1F. The zero-order chi connectivity index (χ0) is 15.1. The number of benzene rings is 2. The van der Waals surface area contributed by atoms with E-state index in [0.717, 1.165) is 0 Å². The lowest BCUT2D eigenvalue weighted by molar-refractivity contribution is 0.555. The van der Waals surface area contributed by atoms with Gasteiger partial charge < -0.3 is 9.97 Å². The molecular formula is C15H11BrF2N2O. The highest BCUT2D eigenvalue weighted by Crippen LogP contribution is 2.35. The van der Waals surface area contributed by atoms with Gasteiger partial charge in [-0.05, 0) is 36.2 Å². The van der Waals surface area contributed by atoms with E-state index in [0.29, 0.717) is 22.2 Å². The van der Waals surface area contributed by atoms with E-state index in [4.69, 9.17) is 0 Å². The molecule has 3 aromatic rings. The summed E-state index contributed by atoms with van der Waals surface area (Å²) < 4.78 is 28.1. The third-order valence-corrected chi connectivity index (χ3v) is 4.39. The van der Waals surface area contributed by atoms with Gasteiger partial charge in [-0.2, -0.15) is 0 Å². The molecule has 21 heavy (non-hydrogen) atoms. The molecule has 0 spiro atoms. The highest BCUT2D eigenvalue weighted by atomic mass is 79.9. The standard InChI is InChI=1S/C15H11BrF2N2O/c1-7-2-4-9(17)12(14(7)18)13(16)8-3-5-10-11(6-8)20-15(21)19-10/h2-6,13H,1H3,(H2,19,20,21). The summed E-state index contributed by atoms with van der Waals surface area (Å²) in [5, 5.41) is 0. The number of nitrogens with one attached hydrogen (secondary N) is 2. The fourth-order valence-corrected chi connectivity index (χ4v) is 2.99. The van der Waals surface area contributed by atoms with Crippen LogP contribution in [0.3, 0.4) is 0 Å². The van der Waals surface area contributed by atoms with Gasteiger partial charge in [-0.15, -0.1) is 0 Å². The first-order valence-corrected chi connectivity index (χ1v) is 7.19. The van der Waals surface area contributed by atoms with Crippen LogP contribution >= 0.6 is 15.9 Å². The molecule has 0 aliphatic rings. The molecule has 1 heterocycles. The van der Waals surface area contributed by atoms with Crippen molar-refractivity contribution in [2.75, 3.05) is 0 Å². The molecule has 0 amide bonds. The number of hydrogen-bond acceptors (Lipinski definition) is 1. The maximum atomic E-state index is 14.2. The minimum Gasteiger partial charge on any atom is -0.306 e. The Morgan fingerprint density at radius 2 is 1.81 bits per heavy atom. The maximum Gasteiger partial charge on any atom is 0.323 e. The van der Waals surface area contributed by atoms with Crippen LogP contribution in [0.15, 0.2) is 35.1 Å². The fourth-order valence-electron chi connectivity index (χ4n) is 2.29. The van der Waals surface area contributed by atoms with Crippen molar-refractivity contribution >= 4 is 27.0 Å². The average molecular weight is 353 g/mol. The van der Waals surface area contributed by atoms with E-state index in [1.807, 2.05) is 0 Å². The molecule has 0 bridgehead atoms. The van der Waals surface area contributed by atoms with Gasteiger partial charge in [0.25, 0.3) is 0 Å². The molecule has 1 atom stereocenters. The van der Waals surface area contributed by atoms with E-state index < -0.39 is 16.5 Å². The van der Waals surface area contributed by atoms with E-state index in [1.54, 1.807) is 25.1 Å². The molecule has 0 fully saturated rings. The van der Waals surface area contributed by atoms with Crippen molar-refractivity contribution in [3.8, 4) is 0 Å². The van der Waals surface area contributed by atoms with Gasteiger partial charge in [0.05, 0.1) is 15.9 Å². The Morgan fingerprint density at radius 3 is 2.57 bits per heavy atom. The predicted molar refractivity (Wildman–Crippen MR) is 80.8 cm³/mol. The van der Waals surface area contributed by atoms with Crippen LogP contribution in [0.25, 0.3) is 11.0 Å². The van der Waals surface area contributed by atoms with Gasteiger partial charge >= 0.3 is 5.69 Å². The first kappa shape index (κ1) is 14.0. The van der Waals surface area contributed by atoms with E-state index >= 15 is 0 Å². The van der Waals surface area contributed by atoms with Crippen LogP contribution in [0.5, 0.6) is 0 Å². The van der Waals surface area contributed by atoms with Gasteiger partial charge in [0.2, 0.25) is 0 Å². The number of aryl methyl sites for hydroxylation is 1. The predicted octanol–water partition coefficient (Wildman–Crippen LogP) is 3.93. The highest BCUT2D eigenvalue weighted by Gasteiger charge is 2.21. The van der Waals surface area contributed by atoms with Crippen molar-refractivity contribution in [3.05, 3.63) is 69.1 Å². The first-order chi connectivity index (χ1) is 9.97. The van der Waals surface area contributed by atoms with Crippen LogP contribution in [0.4, 0.5) is 8.78 Å². The van der Waals surface area contributed by atoms with Crippen molar-refractivity contribution in [1.29, 1.82) is 0 Å². The van der Waals surface area contributed by atoms with Gasteiger partial charge in [0.15, 0.2) is 0 Å². The first-order valence-electron chi connectivity index (χ1n) is 6.28. The van der Waals surface area contributed by atoms with Crippen LogP contribution in [-0.4, -0.2) is 9.97 Å². The minimum absolute atomic E-state index is 0.0350. The van der Waals surface area contributed by atoms with Crippen LogP contribution in [-0.2, 0) is 0 Å². The van der Waals surface area contributed by atoms with Crippen molar-refractivity contribution in [2.45, 2.75) is 11.8 Å². The van der Waals surface area contributed by atoms with E-state index in [1.165, 1.54) is 12.1 Å². The van der Waals surface area contributed by atoms with Gasteiger partial charge in [0.1, 0.15) is 11.6 Å². The van der Waals surface area contributed by atoms with E-state index in [2.05, 4.69) is 25.9 Å². The lowest BCUT2D eigenvalue weighted by atomic mass is 10.0. The molecular weight excluding hydrogens is 342 g/mol. The Balaban J connectivity index is 2.14. The molecule has 3 nitrogen and oxygen atoms in total. The normalized spacial score (nSPS) is 12.8. The monoisotopic (exact) mass is 352 g/mol. The Kier molecular flexibility index (Phi) is 3.41. The lowest BCUT2D eigenvalue weighted by Gasteiger charge is -2.14. The van der Waals surface area contributed by atoms with Gasteiger partial charge in [0, 0.05) is 5.56 Å². The molecule has 0 saturated heterocycles. The number of aromatic amines is 2. The number of hydrogen-bond donors (Lipinski definition) is 2. The zero-order valence-electron chi connectivity index (χ0n) is 11.0. The maximum absolute atomic E-state index is 14.2. The molecule has 2 aromatic carbocycles. The average Bonchev–Trinajstić information content (AvgIpc) is 2.82. The number of H-pyrrole nitrogens is 2. The second-order valence-electron chi connectivity index (χ2n) is 4.84. The van der Waals surface area contributed by atoms with Crippen LogP contribution in [0.2, 0.25) is 0 Å². The number of halogens is 3. The largest absolute Gasteiger partial charge is 0.323 e. The summed E-state index contributed by atoms with van der Waals surface area (Å²) in [6.45, 7) is 1.59. The molecule has 6 heteroatoms. The number of aromatic nitrogens is 2. The summed E-state index contributed by atoms with van der Waals surface area (Å²) in [6, 6.07) is 7.75. The van der Waals surface area contributed by atoms with Crippen LogP contribution in [0.1, 0.15) is 21.5 Å². The second kappa shape index (κ2) is 5.11. The van der Waals surface area contributed by atoms with Crippen molar-refractivity contribution in [1.82, 2.24) is 9.97 Å². The molecule has 0 aliphatic carbocycles. The number of rotatable bonds is 2.